The van der Waals surface area contributed by atoms with Gasteiger partial charge in [-0.3, -0.25) is 4.79 Å². The van der Waals surface area contributed by atoms with E-state index in [9.17, 15) is 4.79 Å². The number of rotatable bonds is 5. The van der Waals surface area contributed by atoms with Crippen LogP contribution >= 0.6 is 15.9 Å². The Morgan fingerprint density at radius 2 is 2.00 bits per heavy atom. The van der Waals surface area contributed by atoms with Crippen LogP contribution in [0.3, 0.4) is 0 Å². The van der Waals surface area contributed by atoms with E-state index in [1.165, 1.54) is 7.11 Å². The topological polar surface area (TPSA) is 61.5 Å². The van der Waals surface area contributed by atoms with Gasteiger partial charge < -0.3 is 15.2 Å². The van der Waals surface area contributed by atoms with Gasteiger partial charge in [0, 0.05) is 10.0 Å². The van der Waals surface area contributed by atoms with Crippen molar-refractivity contribution in [3.63, 3.8) is 0 Å². The second kappa shape index (κ2) is 6.63. The van der Waals surface area contributed by atoms with E-state index in [0.29, 0.717) is 39.4 Å². The number of nitrogen functional groups attached to an aromatic ring is 1. The summed E-state index contributed by atoms with van der Waals surface area (Å²) in [4.78, 5) is 12.7. The molecule has 0 amide bonds. The van der Waals surface area contributed by atoms with Gasteiger partial charge in [0.25, 0.3) is 0 Å². The molecule has 0 bridgehead atoms. The van der Waals surface area contributed by atoms with Crippen molar-refractivity contribution in [1.29, 1.82) is 0 Å². The summed E-state index contributed by atoms with van der Waals surface area (Å²) in [5, 5.41) is 0. The highest BCUT2D eigenvalue weighted by molar-refractivity contribution is 9.10. The number of hydrogen-bond acceptors (Lipinski definition) is 4. The van der Waals surface area contributed by atoms with Gasteiger partial charge in [-0.05, 0) is 53.2 Å². The number of halogens is 1. The van der Waals surface area contributed by atoms with Crippen molar-refractivity contribution >= 4 is 27.4 Å². The lowest BCUT2D eigenvalue weighted by molar-refractivity contribution is 0.103. The van der Waals surface area contributed by atoms with Gasteiger partial charge in [0.2, 0.25) is 0 Å². The van der Waals surface area contributed by atoms with E-state index in [2.05, 4.69) is 15.9 Å². The van der Waals surface area contributed by atoms with E-state index in [4.69, 9.17) is 15.2 Å². The summed E-state index contributed by atoms with van der Waals surface area (Å²) in [6.07, 6.45) is 0. The Labute approximate surface area is 132 Å². The first-order valence-corrected chi connectivity index (χ1v) is 7.27. The SMILES string of the molecule is CCOc1ccc(C(=O)c2cccc(N)c2OC)c(Br)c1. The lowest BCUT2D eigenvalue weighted by atomic mass is 10.0. The molecule has 0 unspecified atom stereocenters. The molecule has 0 radical (unpaired) electrons. The van der Waals surface area contributed by atoms with Crippen molar-refractivity contribution in [2.75, 3.05) is 19.5 Å². The summed E-state index contributed by atoms with van der Waals surface area (Å²) >= 11 is 3.41. The molecular weight excluding hydrogens is 334 g/mol. The Kier molecular flexibility index (Phi) is 4.85. The number of carbonyl (C=O) groups excluding carboxylic acids is 1. The maximum atomic E-state index is 12.7. The molecule has 0 saturated carbocycles. The largest absolute Gasteiger partial charge is 0.494 e. The van der Waals surface area contributed by atoms with Gasteiger partial charge >= 0.3 is 0 Å². The summed E-state index contributed by atoms with van der Waals surface area (Å²) in [6, 6.07) is 10.4. The number of nitrogens with two attached hydrogens (primary N) is 1. The van der Waals surface area contributed by atoms with Crippen LogP contribution in [0.25, 0.3) is 0 Å². The molecule has 0 saturated heterocycles. The molecule has 2 aromatic carbocycles. The summed E-state index contributed by atoms with van der Waals surface area (Å²) in [5.74, 6) is 0.942. The molecule has 0 aliphatic carbocycles. The average Bonchev–Trinajstić information content (AvgIpc) is 2.47. The molecule has 0 aliphatic rings. The molecule has 21 heavy (non-hydrogen) atoms. The summed E-state index contributed by atoms with van der Waals surface area (Å²) in [7, 11) is 1.50. The molecule has 0 aromatic heterocycles. The van der Waals surface area contributed by atoms with Crippen LogP contribution in [-0.2, 0) is 0 Å². The Bertz CT molecular complexity index is 671. The summed E-state index contributed by atoms with van der Waals surface area (Å²) < 4.78 is 11.3. The van der Waals surface area contributed by atoms with E-state index < -0.39 is 0 Å². The first-order chi connectivity index (χ1) is 10.1. The van der Waals surface area contributed by atoms with Crippen LogP contribution in [0.1, 0.15) is 22.8 Å². The fourth-order valence-electron chi connectivity index (χ4n) is 2.04. The Morgan fingerprint density at radius 3 is 2.62 bits per heavy atom. The molecule has 0 aliphatic heterocycles. The summed E-state index contributed by atoms with van der Waals surface area (Å²) in [6.45, 7) is 2.48. The van der Waals surface area contributed by atoms with E-state index in [1.807, 2.05) is 6.92 Å². The van der Waals surface area contributed by atoms with Gasteiger partial charge in [0.05, 0.1) is 25.0 Å². The van der Waals surface area contributed by atoms with Gasteiger partial charge in [-0.1, -0.05) is 6.07 Å². The Morgan fingerprint density at radius 1 is 1.24 bits per heavy atom. The minimum Gasteiger partial charge on any atom is -0.494 e. The number of benzene rings is 2. The Balaban J connectivity index is 2.43. The minimum atomic E-state index is -0.158. The third-order valence-electron chi connectivity index (χ3n) is 2.99. The fourth-order valence-corrected chi connectivity index (χ4v) is 2.58. The fraction of sp³-hybridized carbons (Fsp3) is 0.188. The van der Waals surface area contributed by atoms with Crippen molar-refractivity contribution in [2.45, 2.75) is 6.92 Å². The second-order valence-electron chi connectivity index (χ2n) is 4.33. The highest BCUT2D eigenvalue weighted by Gasteiger charge is 2.18. The molecule has 2 N–H and O–H groups in total. The molecule has 5 heteroatoms. The monoisotopic (exact) mass is 349 g/mol. The average molecular weight is 350 g/mol. The molecular formula is C16H16BrNO3. The van der Waals surface area contributed by atoms with E-state index in [1.54, 1.807) is 36.4 Å². The third kappa shape index (κ3) is 3.19. The standard InChI is InChI=1S/C16H16BrNO3/c1-3-21-10-7-8-11(13(17)9-10)15(19)12-5-4-6-14(18)16(12)20-2/h4-9H,3,18H2,1-2H3. The van der Waals surface area contributed by atoms with Crippen molar-refractivity contribution in [3.8, 4) is 11.5 Å². The number of methoxy groups -OCH3 is 1. The van der Waals surface area contributed by atoms with Crippen LogP contribution in [0.4, 0.5) is 5.69 Å². The van der Waals surface area contributed by atoms with Crippen molar-refractivity contribution in [1.82, 2.24) is 0 Å². The molecule has 0 atom stereocenters. The van der Waals surface area contributed by atoms with Crippen LogP contribution < -0.4 is 15.2 Å². The second-order valence-corrected chi connectivity index (χ2v) is 5.19. The number of ketones is 1. The number of carbonyl (C=O) groups is 1. The molecule has 0 spiro atoms. The molecule has 110 valence electrons. The zero-order valence-electron chi connectivity index (χ0n) is 11.9. The molecule has 0 fully saturated rings. The van der Waals surface area contributed by atoms with Crippen molar-refractivity contribution < 1.29 is 14.3 Å². The smallest absolute Gasteiger partial charge is 0.197 e. The van der Waals surface area contributed by atoms with Gasteiger partial charge in [0.1, 0.15) is 5.75 Å². The van der Waals surface area contributed by atoms with E-state index in [-0.39, 0.29) is 5.78 Å². The minimum absolute atomic E-state index is 0.158. The lowest BCUT2D eigenvalue weighted by Gasteiger charge is -2.11. The van der Waals surface area contributed by atoms with Gasteiger partial charge in [-0.2, -0.15) is 0 Å². The first kappa shape index (κ1) is 15.4. The molecule has 0 heterocycles. The van der Waals surface area contributed by atoms with E-state index >= 15 is 0 Å². The highest BCUT2D eigenvalue weighted by atomic mass is 79.9. The van der Waals surface area contributed by atoms with Gasteiger partial charge in [0.15, 0.2) is 11.5 Å². The van der Waals surface area contributed by atoms with Crippen LogP contribution in [0, 0.1) is 0 Å². The maximum Gasteiger partial charge on any atom is 0.197 e. The number of para-hydroxylation sites is 1. The maximum absolute atomic E-state index is 12.7. The van der Waals surface area contributed by atoms with Gasteiger partial charge in [-0.15, -0.1) is 0 Å². The Hall–Kier alpha value is -2.01. The molecule has 2 rings (SSSR count). The van der Waals surface area contributed by atoms with Crippen molar-refractivity contribution in [2.24, 2.45) is 0 Å². The predicted molar refractivity (Wildman–Crippen MR) is 86.1 cm³/mol. The summed E-state index contributed by atoms with van der Waals surface area (Å²) in [5.41, 5.74) is 7.24. The first-order valence-electron chi connectivity index (χ1n) is 6.48. The van der Waals surface area contributed by atoms with Gasteiger partial charge in [-0.25, -0.2) is 0 Å². The lowest BCUT2D eigenvalue weighted by Crippen LogP contribution is -2.07. The zero-order valence-corrected chi connectivity index (χ0v) is 13.4. The van der Waals surface area contributed by atoms with Crippen LogP contribution in [-0.4, -0.2) is 19.5 Å². The van der Waals surface area contributed by atoms with Crippen LogP contribution in [0.15, 0.2) is 40.9 Å². The van der Waals surface area contributed by atoms with Crippen LogP contribution in [0.5, 0.6) is 11.5 Å². The number of ether oxygens (including phenoxy) is 2. The van der Waals surface area contributed by atoms with E-state index in [0.717, 1.165) is 0 Å². The quantitative estimate of drug-likeness (QED) is 0.660. The van der Waals surface area contributed by atoms with Crippen LogP contribution in [0.2, 0.25) is 0 Å². The highest BCUT2D eigenvalue weighted by Crippen LogP contribution is 2.31. The zero-order chi connectivity index (χ0) is 15.4. The normalized spacial score (nSPS) is 10.2. The number of anilines is 1. The molecule has 4 nitrogen and oxygen atoms in total. The third-order valence-corrected chi connectivity index (χ3v) is 3.65. The molecule has 2 aromatic rings. The predicted octanol–water partition coefficient (Wildman–Crippen LogP) is 3.67. The number of hydrogen-bond donors (Lipinski definition) is 1. The van der Waals surface area contributed by atoms with Crippen molar-refractivity contribution in [3.05, 3.63) is 52.0 Å².